The van der Waals surface area contributed by atoms with Crippen molar-refractivity contribution < 1.29 is 4.52 Å². The van der Waals surface area contributed by atoms with E-state index in [2.05, 4.69) is 26.1 Å². The molecule has 94 valence electrons. The molecule has 0 aliphatic rings. The maximum absolute atomic E-state index is 5.91. The number of rotatable bonds is 2. The lowest BCUT2D eigenvalue weighted by Crippen LogP contribution is -1.89. The molecule has 0 saturated heterocycles. The molecule has 2 aromatic heterocycles. The molecule has 0 saturated carbocycles. The highest BCUT2D eigenvalue weighted by molar-refractivity contribution is 9.10. The van der Waals surface area contributed by atoms with Crippen LogP contribution in [0.25, 0.3) is 22.6 Å². The van der Waals surface area contributed by atoms with E-state index in [0.29, 0.717) is 17.3 Å². The van der Waals surface area contributed by atoms with Crippen LogP contribution >= 0.6 is 15.9 Å². The largest absolute Gasteiger partial charge is 0.380 e. The molecule has 19 heavy (non-hydrogen) atoms. The first-order valence-electron chi connectivity index (χ1n) is 5.68. The Morgan fingerprint density at radius 3 is 2.74 bits per heavy atom. The SMILES string of the molecule is Nc1noc(-c2ccccn2)c1-c1cccc(Br)c1. The highest BCUT2D eigenvalue weighted by atomic mass is 79.9. The summed E-state index contributed by atoms with van der Waals surface area (Å²) in [6.45, 7) is 0. The van der Waals surface area contributed by atoms with Gasteiger partial charge >= 0.3 is 0 Å². The monoisotopic (exact) mass is 315 g/mol. The molecule has 1 aromatic carbocycles. The van der Waals surface area contributed by atoms with Crippen LogP contribution < -0.4 is 5.73 Å². The standard InChI is InChI=1S/C14H10BrN3O/c15-10-5-3-4-9(8-10)12-13(19-18-14(12)16)11-6-1-2-7-17-11/h1-8H,(H2,16,18). The van der Waals surface area contributed by atoms with Gasteiger partial charge in [0.15, 0.2) is 11.6 Å². The second-order valence-electron chi connectivity index (χ2n) is 4.00. The van der Waals surface area contributed by atoms with Crippen molar-refractivity contribution in [3.8, 4) is 22.6 Å². The maximum Gasteiger partial charge on any atom is 0.195 e. The zero-order valence-electron chi connectivity index (χ0n) is 9.88. The van der Waals surface area contributed by atoms with E-state index < -0.39 is 0 Å². The third kappa shape index (κ3) is 2.24. The average molecular weight is 316 g/mol. The summed E-state index contributed by atoms with van der Waals surface area (Å²) in [6, 6.07) is 13.4. The van der Waals surface area contributed by atoms with Gasteiger partial charge < -0.3 is 10.3 Å². The van der Waals surface area contributed by atoms with Gasteiger partial charge in [-0.1, -0.05) is 39.3 Å². The third-order valence-electron chi connectivity index (χ3n) is 2.73. The number of nitrogen functional groups attached to an aromatic ring is 1. The first-order valence-corrected chi connectivity index (χ1v) is 6.47. The Labute approximate surface area is 118 Å². The van der Waals surface area contributed by atoms with Crippen LogP contribution in [-0.2, 0) is 0 Å². The van der Waals surface area contributed by atoms with E-state index in [1.807, 2.05) is 42.5 Å². The zero-order valence-corrected chi connectivity index (χ0v) is 11.5. The molecule has 3 aromatic rings. The molecule has 0 amide bonds. The molecule has 4 nitrogen and oxygen atoms in total. The summed E-state index contributed by atoms with van der Waals surface area (Å²) in [5.74, 6) is 0.940. The van der Waals surface area contributed by atoms with Crippen LogP contribution in [0.5, 0.6) is 0 Å². The number of nitrogens with two attached hydrogens (primary N) is 1. The van der Waals surface area contributed by atoms with E-state index in [9.17, 15) is 0 Å². The Balaban J connectivity index is 2.20. The Morgan fingerprint density at radius 2 is 2.00 bits per heavy atom. The molecular weight excluding hydrogens is 306 g/mol. The van der Waals surface area contributed by atoms with Crippen LogP contribution in [0.1, 0.15) is 0 Å². The minimum Gasteiger partial charge on any atom is -0.380 e. The van der Waals surface area contributed by atoms with Gasteiger partial charge in [-0.2, -0.15) is 0 Å². The topological polar surface area (TPSA) is 64.9 Å². The molecule has 0 atom stereocenters. The predicted octanol–water partition coefficient (Wildman–Crippen LogP) is 3.75. The summed E-state index contributed by atoms with van der Waals surface area (Å²) < 4.78 is 6.29. The van der Waals surface area contributed by atoms with Crippen LogP contribution in [0, 0.1) is 0 Å². The van der Waals surface area contributed by atoms with Crippen molar-refractivity contribution in [1.82, 2.24) is 10.1 Å². The summed E-state index contributed by atoms with van der Waals surface area (Å²) in [4.78, 5) is 4.27. The third-order valence-corrected chi connectivity index (χ3v) is 3.22. The highest BCUT2D eigenvalue weighted by Gasteiger charge is 2.18. The van der Waals surface area contributed by atoms with Gasteiger partial charge in [0.1, 0.15) is 5.69 Å². The van der Waals surface area contributed by atoms with Crippen molar-refractivity contribution in [2.75, 3.05) is 5.73 Å². The van der Waals surface area contributed by atoms with E-state index in [4.69, 9.17) is 10.3 Å². The molecular formula is C14H10BrN3O. The van der Waals surface area contributed by atoms with Crippen LogP contribution in [0.15, 0.2) is 57.7 Å². The zero-order chi connectivity index (χ0) is 13.2. The van der Waals surface area contributed by atoms with E-state index >= 15 is 0 Å². The Bertz CT molecular complexity index is 710. The van der Waals surface area contributed by atoms with Crippen molar-refractivity contribution in [3.63, 3.8) is 0 Å². The summed E-state index contributed by atoms with van der Waals surface area (Å²) in [7, 11) is 0. The lowest BCUT2D eigenvalue weighted by Gasteiger charge is -2.02. The van der Waals surface area contributed by atoms with Crippen molar-refractivity contribution in [2.24, 2.45) is 0 Å². The fourth-order valence-corrected chi connectivity index (χ4v) is 2.30. The number of benzene rings is 1. The second kappa shape index (κ2) is 4.85. The number of hydrogen-bond donors (Lipinski definition) is 1. The Morgan fingerprint density at radius 1 is 1.11 bits per heavy atom. The van der Waals surface area contributed by atoms with Gasteiger partial charge in [0, 0.05) is 10.7 Å². The number of anilines is 1. The predicted molar refractivity (Wildman–Crippen MR) is 77.3 cm³/mol. The van der Waals surface area contributed by atoms with Gasteiger partial charge in [-0.05, 0) is 29.8 Å². The van der Waals surface area contributed by atoms with Gasteiger partial charge in [-0.3, -0.25) is 4.98 Å². The molecule has 0 aliphatic carbocycles. The number of halogens is 1. The van der Waals surface area contributed by atoms with Gasteiger partial charge in [-0.15, -0.1) is 0 Å². The number of aromatic nitrogens is 2. The van der Waals surface area contributed by atoms with Crippen LogP contribution in [0.3, 0.4) is 0 Å². The summed E-state index contributed by atoms with van der Waals surface area (Å²) >= 11 is 3.45. The van der Waals surface area contributed by atoms with Crippen molar-refractivity contribution >= 4 is 21.7 Å². The number of nitrogens with zero attached hydrogens (tertiary/aromatic N) is 2. The molecule has 0 unspecified atom stereocenters. The summed E-state index contributed by atoms with van der Waals surface area (Å²) in [5.41, 5.74) is 8.33. The second-order valence-corrected chi connectivity index (χ2v) is 4.91. The number of hydrogen-bond acceptors (Lipinski definition) is 4. The molecule has 2 heterocycles. The van der Waals surface area contributed by atoms with E-state index in [-0.39, 0.29) is 0 Å². The summed E-state index contributed by atoms with van der Waals surface area (Å²) in [6.07, 6.45) is 1.71. The van der Waals surface area contributed by atoms with Crippen LogP contribution in [0.4, 0.5) is 5.82 Å². The molecule has 0 spiro atoms. The molecule has 2 N–H and O–H groups in total. The molecule has 0 radical (unpaired) electrons. The van der Waals surface area contributed by atoms with Crippen LogP contribution in [-0.4, -0.2) is 10.1 Å². The first kappa shape index (κ1) is 11.9. The van der Waals surface area contributed by atoms with Gasteiger partial charge in [0.2, 0.25) is 0 Å². The first-order chi connectivity index (χ1) is 9.25. The highest BCUT2D eigenvalue weighted by Crippen LogP contribution is 2.36. The maximum atomic E-state index is 5.91. The van der Waals surface area contributed by atoms with E-state index in [1.54, 1.807) is 6.20 Å². The Hall–Kier alpha value is -2.14. The van der Waals surface area contributed by atoms with Crippen molar-refractivity contribution in [1.29, 1.82) is 0 Å². The smallest absolute Gasteiger partial charge is 0.195 e. The molecule has 0 aliphatic heterocycles. The Kier molecular flexibility index (Phi) is 3.05. The van der Waals surface area contributed by atoms with Crippen molar-refractivity contribution in [2.45, 2.75) is 0 Å². The fraction of sp³-hybridized carbons (Fsp3) is 0. The lowest BCUT2D eigenvalue weighted by atomic mass is 10.0. The fourth-order valence-electron chi connectivity index (χ4n) is 1.90. The van der Waals surface area contributed by atoms with Gasteiger partial charge in [0.25, 0.3) is 0 Å². The van der Waals surface area contributed by atoms with Gasteiger partial charge in [0.05, 0.1) is 5.56 Å². The molecule has 0 bridgehead atoms. The molecule has 3 rings (SSSR count). The molecule has 0 fully saturated rings. The summed E-state index contributed by atoms with van der Waals surface area (Å²) in [5, 5.41) is 3.85. The van der Waals surface area contributed by atoms with Crippen molar-refractivity contribution in [3.05, 3.63) is 53.1 Å². The minimum atomic E-state index is 0.360. The van der Waals surface area contributed by atoms with E-state index in [1.165, 1.54) is 0 Å². The van der Waals surface area contributed by atoms with E-state index in [0.717, 1.165) is 15.6 Å². The number of pyridine rings is 1. The average Bonchev–Trinajstić information content (AvgIpc) is 2.82. The van der Waals surface area contributed by atoms with Crippen LogP contribution in [0.2, 0.25) is 0 Å². The normalized spacial score (nSPS) is 10.6. The quantitative estimate of drug-likeness (QED) is 0.782. The minimum absolute atomic E-state index is 0.360. The van der Waals surface area contributed by atoms with Gasteiger partial charge in [-0.25, -0.2) is 0 Å². The lowest BCUT2D eigenvalue weighted by molar-refractivity contribution is 0.435. The molecule has 5 heteroatoms.